The number of hydrogen-bond donors (Lipinski definition) is 1. The Bertz CT molecular complexity index is 993. The highest BCUT2D eigenvalue weighted by Crippen LogP contribution is 2.34. The third-order valence-corrected chi connectivity index (χ3v) is 4.49. The van der Waals surface area contributed by atoms with Crippen LogP contribution in [0.3, 0.4) is 0 Å². The Kier molecular flexibility index (Phi) is 6.70. The van der Waals surface area contributed by atoms with E-state index in [1.54, 1.807) is 0 Å². The van der Waals surface area contributed by atoms with Crippen molar-refractivity contribution in [1.82, 2.24) is 0 Å². The number of rotatable bonds is 6. The van der Waals surface area contributed by atoms with Gasteiger partial charge >= 0.3 is 17.4 Å². The summed E-state index contributed by atoms with van der Waals surface area (Å²) in [5.74, 6) is -1.58. The minimum Gasteiger partial charge on any atom is -0.477 e. The molecule has 0 saturated carbocycles. The second-order valence-corrected chi connectivity index (χ2v) is 6.99. The van der Waals surface area contributed by atoms with E-state index in [0.717, 1.165) is 24.3 Å². The minimum absolute atomic E-state index is 0.219. The van der Waals surface area contributed by atoms with Gasteiger partial charge in [-0.25, -0.2) is 4.21 Å². The Balaban J connectivity index is 2.12. The van der Waals surface area contributed by atoms with E-state index >= 15 is 0 Å². The highest BCUT2D eigenvalue weighted by Gasteiger charge is 2.39. The minimum atomic E-state index is -5.14. The van der Waals surface area contributed by atoms with Gasteiger partial charge in [0, 0.05) is 11.8 Å². The summed E-state index contributed by atoms with van der Waals surface area (Å²) >= 11 is 0. The normalized spacial score (nSPS) is 12.9. The second kappa shape index (κ2) is 8.69. The number of carbonyl (C=O) groups is 1. The number of amides is 1. The summed E-state index contributed by atoms with van der Waals surface area (Å²) in [6.45, 7) is -0.890. The molecule has 0 radical (unpaired) electrons. The third kappa shape index (κ3) is 5.92. The molecule has 0 saturated heterocycles. The van der Waals surface area contributed by atoms with Crippen molar-refractivity contribution >= 4 is 28.1 Å². The smallest absolute Gasteiger partial charge is 0.475 e. The molecule has 7 nitrogen and oxygen atoms in total. The van der Waals surface area contributed by atoms with Crippen LogP contribution in [0.2, 0.25) is 0 Å². The van der Waals surface area contributed by atoms with E-state index in [0.29, 0.717) is 18.2 Å². The fourth-order valence-electron chi connectivity index (χ4n) is 2.12. The molecule has 1 amide bonds. The topological polar surface area (TPSA) is 98.5 Å². The van der Waals surface area contributed by atoms with Crippen molar-refractivity contribution in [3.63, 3.8) is 0 Å². The standard InChI is InChI=1S/C16H10F6N2O5S/c17-15(18,19)9-2-1-3-10(6-9)23-14(25)8-29-13-5-4-11(7-12(13)24(26)27)30(28)16(20,21)22/h1-7H,8H2,(H,23,25)/t30-/m0/s1. The van der Waals surface area contributed by atoms with E-state index in [4.69, 9.17) is 4.74 Å². The van der Waals surface area contributed by atoms with Gasteiger partial charge < -0.3 is 10.1 Å². The van der Waals surface area contributed by atoms with Crippen molar-refractivity contribution in [2.45, 2.75) is 16.6 Å². The highest BCUT2D eigenvalue weighted by molar-refractivity contribution is 7.86. The van der Waals surface area contributed by atoms with Gasteiger partial charge in [0.25, 0.3) is 5.91 Å². The molecule has 0 fully saturated rings. The average Bonchev–Trinajstić information content (AvgIpc) is 2.64. The number of alkyl halides is 6. The number of nitro groups is 1. The zero-order valence-electron chi connectivity index (χ0n) is 14.4. The largest absolute Gasteiger partial charge is 0.477 e. The van der Waals surface area contributed by atoms with Crippen LogP contribution in [0.4, 0.5) is 37.7 Å². The van der Waals surface area contributed by atoms with E-state index in [1.807, 2.05) is 0 Å². The Labute approximate surface area is 166 Å². The lowest BCUT2D eigenvalue weighted by Gasteiger charge is -2.11. The summed E-state index contributed by atoms with van der Waals surface area (Å²) < 4.78 is 91.7. The second-order valence-electron chi connectivity index (χ2n) is 5.52. The van der Waals surface area contributed by atoms with E-state index < -0.39 is 61.8 Å². The predicted molar refractivity (Wildman–Crippen MR) is 91.1 cm³/mol. The summed E-state index contributed by atoms with van der Waals surface area (Å²) in [4.78, 5) is 20.9. The number of hydrogen-bond acceptors (Lipinski definition) is 5. The van der Waals surface area contributed by atoms with Gasteiger partial charge in [0.2, 0.25) is 0 Å². The molecule has 30 heavy (non-hydrogen) atoms. The fraction of sp³-hybridized carbons (Fsp3) is 0.188. The van der Waals surface area contributed by atoms with Crippen LogP contribution in [0.15, 0.2) is 47.4 Å². The molecule has 2 aromatic carbocycles. The maximum Gasteiger partial charge on any atom is 0.475 e. The summed E-state index contributed by atoms with van der Waals surface area (Å²) in [7, 11) is -3.52. The van der Waals surface area contributed by atoms with Crippen molar-refractivity contribution in [3.05, 3.63) is 58.1 Å². The molecule has 0 spiro atoms. The summed E-state index contributed by atoms with van der Waals surface area (Å²) in [6, 6.07) is 5.44. The van der Waals surface area contributed by atoms with Crippen LogP contribution in [-0.4, -0.2) is 27.2 Å². The summed E-state index contributed by atoms with van der Waals surface area (Å²) in [5.41, 5.74) is -7.35. The predicted octanol–water partition coefficient (Wildman–Crippen LogP) is 4.26. The number of nitrogens with one attached hydrogen (secondary N) is 1. The van der Waals surface area contributed by atoms with Crippen LogP contribution in [0.1, 0.15) is 5.56 Å². The summed E-state index contributed by atoms with van der Waals surface area (Å²) in [5, 5.41) is 13.1. The van der Waals surface area contributed by atoms with Gasteiger partial charge in [0.1, 0.15) is 0 Å². The van der Waals surface area contributed by atoms with Crippen molar-refractivity contribution in [1.29, 1.82) is 0 Å². The van der Waals surface area contributed by atoms with Gasteiger partial charge in [0.05, 0.1) is 15.4 Å². The molecule has 162 valence electrons. The maximum absolute atomic E-state index is 12.7. The van der Waals surface area contributed by atoms with Crippen LogP contribution in [0.5, 0.6) is 5.75 Å². The van der Waals surface area contributed by atoms with Crippen molar-refractivity contribution in [2.75, 3.05) is 11.9 Å². The van der Waals surface area contributed by atoms with Crippen molar-refractivity contribution in [2.24, 2.45) is 0 Å². The summed E-state index contributed by atoms with van der Waals surface area (Å²) in [6.07, 6.45) is -4.64. The number of benzene rings is 2. The molecular weight excluding hydrogens is 446 g/mol. The van der Waals surface area contributed by atoms with Crippen LogP contribution in [0, 0.1) is 10.1 Å². The van der Waals surface area contributed by atoms with E-state index in [1.165, 1.54) is 0 Å². The molecule has 0 heterocycles. The lowest BCUT2D eigenvalue weighted by Crippen LogP contribution is -2.21. The molecule has 0 aliphatic rings. The van der Waals surface area contributed by atoms with Gasteiger partial charge in [-0.1, -0.05) is 6.07 Å². The van der Waals surface area contributed by atoms with Gasteiger partial charge in [-0.05, 0) is 30.3 Å². The number of halogens is 6. The first-order valence-corrected chi connectivity index (χ1v) is 8.81. The number of nitro benzene ring substituents is 1. The van der Waals surface area contributed by atoms with Crippen molar-refractivity contribution < 1.29 is 45.0 Å². The Morgan fingerprint density at radius 2 is 1.77 bits per heavy atom. The molecule has 1 atom stereocenters. The quantitative estimate of drug-likeness (QED) is 0.398. The van der Waals surface area contributed by atoms with Crippen molar-refractivity contribution in [3.8, 4) is 5.75 Å². The first-order chi connectivity index (χ1) is 13.8. The van der Waals surface area contributed by atoms with Gasteiger partial charge in [0.15, 0.2) is 23.2 Å². The third-order valence-electron chi connectivity index (χ3n) is 3.38. The van der Waals surface area contributed by atoms with Gasteiger partial charge in [-0.2, -0.15) is 26.3 Å². The maximum atomic E-state index is 12.7. The van der Waals surface area contributed by atoms with Crippen LogP contribution in [0.25, 0.3) is 0 Å². The number of anilines is 1. The molecule has 14 heteroatoms. The zero-order chi connectivity index (χ0) is 22.7. The lowest BCUT2D eigenvalue weighted by molar-refractivity contribution is -0.386. The van der Waals surface area contributed by atoms with Gasteiger partial charge in [-0.3, -0.25) is 14.9 Å². The van der Waals surface area contributed by atoms with Gasteiger partial charge in [-0.15, -0.1) is 0 Å². The zero-order valence-corrected chi connectivity index (χ0v) is 15.2. The first-order valence-electron chi connectivity index (χ1n) is 7.66. The van der Waals surface area contributed by atoms with Crippen LogP contribution >= 0.6 is 0 Å². The number of carbonyl (C=O) groups excluding carboxylic acids is 1. The van der Waals surface area contributed by atoms with E-state index in [2.05, 4.69) is 5.32 Å². The van der Waals surface area contributed by atoms with E-state index in [9.17, 15) is 45.5 Å². The number of ether oxygens (including phenoxy) is 1. The van der Waals surface area contributed by atoms with Crippen LogP contribution < -0.4 is 10.1 Å². The molecular formula is C16H10F6N2O5S. The molecule has 2 aromatic rings. The Hall–Kier alpha value is -3.16. The average molecular weight is 456 g/mol. The molecule has 0 unspecified atom stereocenters. The molecule has 0 aromatic heterocycles. The van der Waals surface area contributed by atoms with Crippen LogP contribution in [-0.2, 0) is 21.8 Å². The Morgan fingerprint density at radius 3 is 2.33 bits per heavy atom. The monoisotopic (exact) mass is 456 g/mol. The molecule has 2 rings (SSSR count). The number of nitrogens with zero attached hydrogens (tertiary/aromatic N) is 1. The fourth-order valence-corrected chi connectivity index (χ4v) is 2.80. The molecule has 0 bridgehead atoms. The Morgan fingerprint density at radius 1 is 1.10 bits per heavy atom. The lowest BCUT2D eigenvalue weighted by atomic mass is 10.2. The molecule has 0 aliphatic heterocycles. The molecule has 1 N–H and O–H groups in total. The SMILES string of the molecule is O=C(COc1ccc([S@](=O)C(F)(F)F)cc1[N+](=O)[O-])Nc1cccc(C(F)(F)F)c1. The highest BCUT2D eigenvalue weighted by atomic mass is 32.2. The first kappa shape index (κ1) is 23.1. The van der Waals surface area contributed by atoms with E-state index in [-0.39, 0.29) is 5.69 Å². The molecule has 0 aliphatic carbocycles.